The fraction of sp³-hybridized carbons (Fsp3) is 0.615. The van der Waals surface area contributed by atoms with Crippen LogP contribution in [0.1, 0.15) is 33.1 Å². The molecule has 0 saturated carbocycles. The summed E-state index contributed by atoms with van der Waals surface area (Å²) in [5, 5.41) is 13.0. The van der Waals surface area contributed by atoms with E-state index in [1.807, 2.05) is 12.3 Å². The molecule has 0 radical (unpaired) electrons. The number of rotatable bonds is 8. The second kappa shape index (κ2) is 7.99. The zero-order chi connectivity index (χ0) is 14.3. The van der Waals surface area contributed by atoms with Gasteiger partial charge in [0.2, 0.25) is 0 Å². The van der Waals surface area contributed by atoms with E-state index in [1.54, 1.807) is 25.0 Å². The summed E-state index contributed by atoms with van der Waals surface area (Å²) in [5.41, 5.74) is 0. The number of anilines is 1. The quantitative estimate of drug-likeness (QED) is 0.564. The molecule has 1 aromatic heterocycles. The minimum Gasteiger partial charge on any atom is -0.481 e. The molecule has 6 heteroatoms. The molecular weight excluding hydrogens is 262 g/mol. The van der Waals surface area contributed by atoms with Crippen molar-refractivity contribution in [2.45, 2.75) is 44.2 Å². The standard InChI is InChI=1S/C13H21N3O2S/c1-9(13(17)18)5-4-6-10(2)16-11-7-12(19-3)15-8-14-11/h7-10H,4-6H2,1-3H3,(H,17,18)(H,14,15,16). The van der Waals surface area contributed by atoms with Crippen LogP contribution in [-0.2, 0) is 4.79 Å². The van der Waals surface area contributed by atoms with E-state index in [1.165, 1.54) is 0 Å². The Morgan fingerprint density at radius 1 is 1.42 bits per heavy atom. The summed E-state index contributed by atoms with van der Waals surface area (Å²) in [6, 6.07) is 2.19. The first-order chi connectivity index (χ1) is 9.02. The van der Waals surface area contributed by atoms with Crippen LogP contribution in [0.25, 0.3) is 0 Å². The van der Waals surface area contributed by atoms with E-state index in [2.05, 4.69) is 22.2 Å². The van der Waals surface area contributed by atoms with E-state index < -0.39 is 5.97 Å². The first kappa shape index (κ1) is 15.8. The summed E-state index contributed by atoms with van der Waals surface area (Å²) in [6.07, 6.45) is 6.05. The molecule has 0 bridgehead atoms. The normalized spacial score (nSPS) is 13.8. The number of nitrogens with zero attached hydrogens (tertiary/aromatic N) is 2. The third-order valence-electron chi connectivity index (χ3n) is 2.94. The van der Waals surface area contributed by atoms with Gasteiger partial charge in [-0.1, -0.05) is 13.3 Å². The van der Waals surface area contributed by atoms with Crippen LogP contribution < -0.4 is 5.32 Å². The van der Waals surface area contributed by atoms with Crippen molar-refractivity contribution < 1.29 is 9.90 Å². The van der Waals surface area contributed by atoms with E-state index in [0.29, 0.717) is 6.42 Å². The van der Waals surface area contributed by atoms with Crippen molar-refractivity contribution >= 4 is 23.5 Å². The SMILES string of the molecule is CSc1cc(NC(C)CCCC(C)C(=O)O)ncn1. The summed E-state index contributed by atoms with van der Waals surface area (Å²) < 4.78 is 0. The Balaban J connectivity index is 2.34. The van der Waals surface area contributed by atoms with Gasteiger partial charge in [0.15, 0.2) is 0 Å². The third kappa shape index (κ3) is 5.92. The predicted octanol–water partition coefficient (Wildman–Crippen LogP) is 2.89. The molecule has 106 valence electrons. The molecule has 1 rings (SSSR count). The number of aliphatic carboxylic acids is 1. The highest BCUT2D eigenvalue weighted by Crippen LogP contribution is 2.16. The molecule has 5 nitrogen and oxygen atoms in total. The Labute approximate surface area is 118 Å². The van der Waals surface area contributed by atoms with Crippen LogP contribution in [0.5, 0.6) is 0 Å². The Bertz CT molecular complexity index is 415. The van der Waals surface area contributed by atoms with Gasteiger partial charge in [-0.25, -0.2) is 9.97 Å². The second-order valence-electron chi connectivity index (χ2n) is 4.66. The number of carbonyl (C=O) groups is 1. The largest absolute Gasteiger partial charge is 0.481 e. The molecule has 1 heterocycles. The maximum Gasteiger partial charge on any atom is 0.306 e. The summed E-state index contributed by atoms with van der Waals surface area (Å²) >= 11 is 1.58. The van der Waals surface area contributed by atoms with Crippen LogP contribution in [0.3, 0.4) is 0 Å². The van der Waals surface area contributed by atoms with Crippen LogP contribution >= 0.6 is 11.8 Å². The fourth-order valence-corrected chi connectivity index (χ4v) is 2.09. The van der Waals surface area contributed by atoms with Gasteiger partial charge in [-0.05, 0) is 26.0 Å². The Hall–Kier alpha value is -1.30. The van der Waals surface area contributed by atoms with Crippen LogP contribution in [-0.4, -0.2) is 33.3 Å². The molecule has 19 heavy (non-hydrogen) atoms. The molecule has 0 aliphatic carbocycles. The monoisotopic (exact) mass is 283 g/mol. The Morgan fingerprint density at radius 3 is 2.79 bits per heavy atom. The zero-order valence-electron chi connectivity index (χ0n) is 11.6. The molecule has 0 aromatic carbocycles. The van der Waals surface area contributed by atoms with Gasteiger partial charge in [0.25, 0.3) is 0 Å². The van der Waals surface area contributed by atoms with E-state index >= 15 is 0 Å². The lowest BCUT2D eigenvalue weighted by atomic mass is 10.0. The smallest absolute Gasteiger partial charge is 0.306 e. The average Bonchev–Trinajstić information content (AvgIpc) is 2.38. The molecule has 0 saturated heterocycles. The Morgan fingerprint density at radius 2 is 2.16 bits per heavy atom. The van der Waals surface area contributed by atoms with Crippen molar-refractivity contribution in [1.29, 1.82) is 0 Å². The molecule has 2 N–H and O–H groups in total. The van der Waals surface area contributed by atoms with E-state index in [9.17, 15) is 4.79 Å². The van der Waals surface area contributed by atoms with E-state index in [-0.39, 0.29) is 12.0 Å². The van der Waals surface area contributed by atoms with Crippen LogP contribution in [0.2, 0.25) is 0 Å². The summed E-state index contributed by atoms with van der Waals surface area (Å²) in [6.45, 7) is 3.82. The first-order valence-corrected chi connectivity index (χ1v) is 7.60. The van der Waals surface area contributed by atoms with E-state index in [0.717, 1.165) is 23.7 Å². The molecule has 0 fully saturated rings. The second-order valence-corrected chi connectivity index (χ2v) is 5.49. The van der Waals surface area contributed by atoms with Gasteiger partial charge in [0.05, 0.1) is 5.92 Å². The number of aromatic nitrogens is 2. The lowest BCUT2D eigenvalue weighted by Gasteiger charge is -2.15. The van der Waals surface area contributed by atoms with Gasteiger partial charge in [0, 0.05) is 12.1 Å². The van der Waals surface area contributed by atoms with Crippen molar-refractivity contribution in [3.05, 3.63) is 12.4 Å². The molecule has 0 spiro atoms. The molecule has 0 aliphatic rings. The number of nitrogens with one attached hydrogen (secondary N) is 1. The lowest BCUT2D eigenvalue weighted by molar-refractivity contribution is -0.141. The number of hydrogen-bond donors (Lipinski definition) is 2. The van der Waals surface area contributed by atoms with Crippen molar-refractivity contribution in [1.82, 2.24) is 9.97 Å². The minimum absolute atomic E-state index is 0.269. The third-order valence-corrected chi connectivity index (χ3v) is 3.58. The highest BCUT2D eigenvalue weighted by Gasteiger charge is 2.11. The van der Waals surface area contributed by atoms with Gasteiger partial charge in [0.1, 0.15) is 17.2 Å². The molecular formula is C13H21N3O2S. The summed E-state index contributed by atoms with van der Waals surface area (Å²) in [5.74, 6) is -0.173. The molecule has 0 amide bonds. The van der Waals surface area contributed by atoms with Crippen molar-refractivity contribution in [2.75, 3.05) is 11.6 Å². The van der Waals surface area contributed by atoms with Crippen molar-refractivity contribution in [3.63, 3.8) is 0 Å². The Kier molecular flexibility index (Phi) is 6.62. The van der Waals surface area contributed by atoms with Gasteiger partial charge < -0.3 is 10.4 Å². The average molecular weight is 283 g/mol. The highest BCUT2D eigenvalue weighted by molar-refractivity contribution is 7.98. The molecule has 0 aliphatic heterocycles. The number of hydrogen-bond acceptors (Lipinski definition) is 5. The number of carboxylic acids is 1. The van der Waals surface area contributed by atoms with Crippen LogP contribution in [0.4, 0.5) is 5.82 Å². The zero-order valence-corrected chi connectivity index (χ0v) is 12.4. The van der Waals surface area contributed by atoms with Gasteiger partial charge in [-0.15, -0.1) is 11.8 Å². The fourth-order valence-electron chi connectivity index (χ4n) is 1.71. The van der Waals surface area contributed by atoms with Crippen LogP contribution in [0, 0.1) is 5.92 Å². The van der Waals surface area contributed by atoms with Crippen molar-refractivity contribution in [3.8, 4) is 0 Å². The first-order valence-electron chi connectivity index (χ1n) is 6.38. The summed E-state index contributed by atoms with van der Waals surface area (Å²) in [7, 11) is 0. The molecule has 2 unspecified atom stereocenters. The van der Waals surface area contributed by atoms with Crippen LogP contribution in [0.15, 0.2) is 17.4 Å². The summed E-state index contributed by atoms with van der Waals surface area (Å²) in [4.78, 5) is 19.0. The van der Waals surface area contributed by atoms with Crippen molar-refractivity contribution in [2.24, 2.45) is 5.92 Å². The predicted molar refractivity (Wildman–Crippen MR) is 77.5 cm³/mol. The van der Waals surface area contributed by atoms with Gasteiger partial charge in [-0.3, -0.25) is 4.79 Å². The van der Waals surface area contributed by atoms with E-state index in [4.69, 9.17) is 5.11 Å². The number of carboxylic acid groups (broad SMARTS) is 1. The maximum atomic E-state index is 10.7. The van der Waals surface area contributed by atoms with Gasteiger partial charge >= 0.3 is 5.97 Å². The number of thioether (sulfide) groups is 1. The van der Waals surface area contributed by atoms with Gasteiger partial charge in [-0.2, -0.15) is 0 Å². The minimum atomic E-state index is -0.721. The lowest BCUT2D eigenvalue weighted by Crippen LogP contribution is -2.17. The molecule has 1 aromatic rings. The molecule has 2 atom stereocenters. The highest BCUT2D eigenvalue weighted by atomic mass is 32.2. The maximum absolute atomic E-state index is 10.7. The topological polar surface area (TPSA) is 75.1 Å².